The molecule has 0 saturated carbocycles. The molecule has 0 amide bonds. The maximum absolute atomic E-state index is 11.7. The zero-order valence-corrected chi connectivity index (χ0v) is 25.8. The maximum atomic E-state index is 11.7. The number of aromatic nitrogens is 2. The summed E-state index contributed by atoms with van der Waals surface area (Å²) in [4.78, 5) is 6.91. The summed E-state index contributed by atoms with van der Waals surface area (Å²) in [7, 11) is -1.23. The van der Waals surface area contributed by atoms with Crippen LogP contribution in [-0.4, -0.2) is 72.8 Å². The van der Waals surface area contributed by atoms with E-state index in [9.17, 15) is 13.5 Å². The highest BCUT2D eigenvalue weighted by molar-refractivity contribution is 9.10. The molecule has 0 aliphatic carbocycles. The number of benzene rings is 1. The highest BCUT2D eigenvalue weighted by atomic mass is 79.9. The van der Waals surface area contributed by atoms with E-state index in [2.05, 4.69) is 82.3 Å². The number of hydrogen-bond donors (Lipinski definition) is 1. The van der Waals surface area contributed by atoms with Crippen molar-refractivity contribution < 1.29 is 18.3 Å². The average molecular weight is 617 g/mol. The lowest BCUT2D eigenvalue weighted by molar-refractivity contribution is 0.116. The van der Waals surface area contributed by atoms with E-state index in [0.717, 1.165) is 50.0 Å². The van der Waals surface area contributed by atoms with E-state index in [0.29, 0.717) is 26.1 Å². The Morgan fingerprint density at radius 1 is 1.23 bits per heavy atom. The SMILES string of the molecule is CCn1c(-c2cc(C#CCN3CCS(=O)(=O)CC3)cnc2[C@H](C)OC)c(CC(C)(C)CO)c2cc(Br)ccc21. The Morgan fingerprint density at radius 2 is 1.95 bits per heavy atom. The number of rotatable bonds is 8. The fourth-order valence-corrected chi connectivity index (χ4v) is 6.71. The van der Waals surface area contributed by atoms with Crippen LogP contribution in [0.5, 0.6) is 0 Å². The first kappa shape index (κ1) is 29.8. The molecule has 0 spiro atoms. The molecule has 1 N–H and O–H groups in total. The Labute approximate surface area is 240 Å². The first-order valence-corrected chi connectivity index (χ1v) is 16.0. The van der Waals surface area contributed by atoms with E-state index in [1.807, 2.05) is 6.92 Å². The van der Waals surface area contributed by atoms with Crippen LogP contribution >= 0.6 is 15.9 Å². The molecule has 1 aliphatic heterocycles. The number of hydrogen-bond acceptors (Lipinski definition) is 6. The number of sulfone groups is 1. The van der Waals surface area contributed by atoms with Crippen molar-refractivity contribution in [2.24, 2.45) is 5.41 Å². The van der Waals surface area contributed by atoms with Gasteiger partial charge in [0.25, 0.3) is 0 Å². The fourth-order valence-electron chi connectivity index (χ4n) is 5.08. The molecular formula is C30H38BrN3O4S. The van der Waals surface area contributed by atoms with Crippen LogP contribution in [0.15, 0.2) is 34.9 Å². The van der Waals surface area contributed by atoms with E-state index in [4.69, 9.17) is 9.72 Å². The minimum atomic E-state index is -2.92. The molecule has 9 heteroatoms. The van der Waals surface area contributed by atoms with Crippen molar-refractivity contribution in [3.63, 3.8) is 0 Å². The summed E-state index contributed by atoms with van der Waals surface area (Å²) < 4.78 is 32.5. The lowest BCUT2D eigenvalue weighted by Gasteiger charge is -2.24. The van der Waals surface area contributed by atoms with Gasteiger partial charge in [-0.05, 0) is 55.5 Å². The number of aliphatic hydroxyl groups excluding tert-OH is 1. The van der Waals surface area contributed by atoms with Gasteiger partial charge in [-0.2, -0.15) is 0 Å². The normalized spacial score (nSPS) is 16.7. The smallest absolute Gasteiger partial charge is 0.152 e. The summed E-state index contributed by atoms with van der Waals surface area (Å²) in [6, 6.07) is 8.45. The minimum absolute atomic E-state index is 0.0716. The van der Waals surface area contributed by atoms with Crippen LogP contribution in [0, 0.1) is 17.3 Å². The number of halogens is 1. The summed E-state index contributed by atoms with van der Waals surface area (Å²) in [6.45, 7) is 10.7. The largest absolute Gasteiger partial charge is 0.396 e. The molecule has 2 aromatic heterocycles. The number of methoxy groups -OCH3 is 1. The third-order valence-corrected chi connectivity index (χ3v) is 9.52. The quantitative estimate of drug-likeness (QED) is 0.365. The van der Waals surface area contributed by atoms with Gasteiger partial charge < -0.3 is 14.4 Å². The van der Waals surface area contributed by atoms with E-state index < -0.39 is 9.84 Å². The Morgan fingerprint density at radius 3 is 2.59 bits per heavy atom. The number of aryl methyl sites for hydroxylation is 1. The zero-order valence-electron chi connectivity index (χ0n) is 23.4. The van der Waals surface area contributed by atoms with Crippen molar-refractivity contribution in [2.45, 2.75) is 46.8 Å². The lowest BCUT2D eigenvalue weighted by Crippen LogP contribution is -2.40. The number of ether oxygens (including phenoxy) is 1. The van der Waals surface area contributed by atoms with Crippen LogP contribution in [0.3, 0.4) is 0 Å². The summed E-state index contributed by atoms with van der Waals surface area (Å²) >= 11 is 3.66. The summed E-state index contributed by atoms with van der Waals surface area (Å²) in [5, 5.41) is 11.3. The lowest BCUT2D eigenvalue weighted by atomic mass is 9.84. The van der Waals surface area contributed by atoms with E-state index in [1.54, 1.807) is 13.3 Å². The van der Waals surface area contributed by atoms with Gasteiger partial charge in [0.2, 0.25) is 0 Å². The Bertz CT molecular complexity index is 1500. The summed E-state index contributed by atoms with van der Waals surface area (Å²) in [5.74, 6) is 6.87. The van der Waals surface area contributed by atoms with Crippen LogP contribution in [0.2, 0.25) is 0 Å². The molecule has 39 heavy (non-hydrogen) atoms. The molecule has 0 radical (unpaired) electrons. The number of pyridine rings is 1. The van der Waals surface area contributed by atoms with Gasteiger partial charge in [-0.15, -0.1) is 0 Å². The molecule has 3 heterocycles. The van der Waals surface area contributed by atoms with Crippen LogP contribution in [0.4, 0.5) is 0 Å². The third-order valence-electron chi connectivity index (χ3n) is 7.41. The van der Waals surface area contributed by atoms with Crippen molar-refractivity contribution in [3.8, 4) is 23.1 Å². The number of nitrogens with zero attached hydrogens (tertiary/aromatic N) is 3. The second kappa shape index (κ2) is 12.1. The van der Waals surface area contributed by atoms with Crippen LogP contribution in [-0.2, 0) is 27.5 Å². The van der Waals surface area contributed by atoms with Crippen molar-refractivity contribution in [2.75, 3.05) is 44.9 Å². The van der Waals surface area contributed by atoms with Crippen molar-refractivity contribution in [1.29, 1.82) is 0 Å². The van der Waals surface area contributed by atoms with Crippen LogP contribution in [0.25, 0.3) is 22.2 Å². The van der Waals surface area contributed by atoms with Crippen LogP contribution < -0.4 is 0 Å². The third kappa shape index (κ3) is 6.75. The van der Waals surface area contributed by atoms with Gasteiger partial charge in [0.05, 0.1) is 35.5 Å². The molecule has 210 valence electrons. The molecular weight excluding hydrogens is 578 g/mol. The summed E-state index contributed by atoms with van der Waals surface area (Å²) in [5.41, 5.74) is 5.66. The van der Waals surface area contributed by atoms with Gasteiger partial charge in [-0.25, -0.2) is 8.42 Å². The minimum Gasteiger partial charge on any atom is -0.396 e. The predicted octanol–water partition coefficient (Wildman–Crippen LogP) is 4.84. The van der Waals surface area contributed by atoms with Gasteiger partial charge in [0.1, 0.15) is 0 Å². The Hall–Kier alpha value is -2.22. The van der Waals surface area contributed by atoms with Gasteiger partial charge in [-0.1, -0.05) is 41.6 Å². The second-order valence-corrected chi connectivity index (χ2v) is 14.2. The second-order valence-electron chi connectivity index (χ2n) is 11.0. The standard InChI is InChI=1S/C30H38BrN3O4S/c1-6-34-27-10-9-23(31)17-24(27)26(18-30(3,4)20-35)29(34)25-16-22(19-32-28(25)21(2)38-5)8-7-11-33-12-14-39(36,37)15-13-33/h9-10,16-17,19,21,35H,6,11-15,18,20H2,1-5H3/t21-/m0/s1. The predicted molar refractivity (Wildman–Crippen MR) is 161 cm³/mol. The van der Waals surface area contributed by atoms with Crippen molar-refractivity contribution in [1.82, 2.24) is 14.5 Å². The molecule has 1 atom stereocenters. The van der Waals surface area contributed by atoms with Crippen molar-refractivity contribution in [3.05, 3.63) is 51.8 Å². The monoisotopic (exact) mass is 615 g/mol. The average Bonchev–Trinajstić information content (AvgIpc) is 3.20. The topological polar surface area (TPSA) is 84.7 Å². The molecule has 7 nitrogen and oxygen atoms in total. The molecule has 1 aromatic carbocycles. The number of aliphatic hydroxyl groups is 1. The molecule has 3 aromatic rings. The molecule has 0 bridgehead atoms. The zero-order chi connectivity index (χ0) is 28.4. The molecule has 1 fully saturated rings. The van der Waals surface area contributed by atoms with E-state index in [-0.39, 0.29) is 29.6 Å². The van der Waals surface area contributed by atoms with Gasteiger partial charge in [-0.3, -0.25) is 9.88 Å². The van der Waals surface area contributed by atoms with Gasteiger partial charge >= 0.3 is 0 Å². The first-order valence-electron chi connectivity index (χ1n) is 13.3. The molecule has 1 aliphatic rings. The highest BCUT2D eigenvalue weighted by Gasteiger charge is 2.28. The molecule has 1 saturated heterocycles. The first-order chi connectivity index (χ1) is 18.5. The fraction of sp³-hybridized carbons (Fsp3) is 0.500. The molecule has 4 rings (SSSR count). The maximum Gasteiger partial charge on any atom is 0.152 e. The van der Waals surface area contributed by atoms with E-state index >= 15 is 0 Å². The van der Waals surface area contributed by atoms with Gasteiger partial charge in [0.15, 0.2) is 9.84 Å². The Kier molecular flexibility index (Phi) is 9.24. The number of fused-ring (bicyclic) bond motifs is 1. The van der Waals surface area contributed by atoms with Crippen molar-refractivity contribution >= 4 is 36.7 Å². The van der Waals surface area contributed by atoms with Gasteiger partial charge in [0, 0.05) is 66.1 Å². The van der Waals surface area contributed by atoms with E-state index in [1.165, 1.54) is 0 Å². The Balaban J connectivity index is 1.85. The molecule has 0 unspecified atom stereocenters. The highest BCUT2D eigenvalue weighted by Crippen LogP contribution is 2.41. The summed E-state index contributed by atoms with van der Waals surface area (Å²) in [6.07, 6.45) is 2.24. The van der Waals surface area contributed by atoms with Crippen LogP contribution in [0.1, 0.15) is 50.6 Å².